The van der Waals surface area contributed by atoms with Crippen LogP contribution in [-0.4, -0.2) is 14.7 Å². The summed E-state index contributed by atoms with van der Waals surface area (Å²) < 4.78 is 40.6. The third-order valence-corrected chi connectivity index (χ3v) is 3.50. The Kier molecular flexibility index (Phi) is 3.05. The molecule has 1 aliphatic heterocycles. The van der Waals surface area contributed by atoms with Crippen LogP contribution in [-0.2, 0) is 12.6 Å². The second-order valence-electron chi connectivity index (χ2n) is 4.87. The van der Waals surface area contributed by atoms with Gasteiger partial charge in [-0.1, -0.05) is 18.2 Å². The van der Waals surface area contributed by atoms with Crippen molar-refractivity contribution in [1.29, 1.82) is 0 Å². The molecule has 20 heavy (non-hydrogen) atoms. The minimum Gasteiger partial charge on any atom is -0.373 e. The molecule has 2 heterocycles. The standard InChI is InChI=1S/C14H13F3N2O/c15-14(16,17)10-5-2-1-4-9(10)11-8-19-12(18-11)6-3-7-13(19)20/h1-2,4-5,8,13,20H,3,6-7H2. The van der Waals surface area contributed by atoms with Crippen LogP contribution in [0.5, 0.6) is 0 Å². The molecule has 1 aliphatic rings. The Morgan fingerprint density at radius 2 is 2.00 bits per heavy atom. The van der Waals surface area contributed by atoms with Crippen molar-refractivity contribution in [2.45, 2.75) is 31.7 Å². The van der Waals surface area contributed by atoms with Crippen molar-refractivity contribution in [1.82, 2.24) is 9.55 Å². The van der Waals surface area contributed by atoms with E-state index in [0.29, 0.717) is 18.7 Å². The normalized spacial score (nSPS) is 18.9. The number of aromatic nitrogens is 2. The molecule has 0 saturated carbocycles. The number of aliphatic hydroxyl groups is 1. The Morgan fingerprint density at radius 3 is 2.70 bits per heavy atom. The molecule has 0 fully saturated rings. The predicted octanol–water partition coefficient (Wildman–Crippen LogP) is 3.40. The van der Waals surface area contributed by atoms with E-state index in [9.17, 15) is 18.3 Å². The second-order valence-corrected chi connectivity index (χ2v) is 4.87. The van der Waals surface area contributed by atoms with Gasteiger partial charge in [0.25, 0.3) is 0 Å². The fourth-order valence-electron chi connectivity index (χ4n) is 2.54. The third-order valence-electron chi connectivity index (χ3n) is 3.50. The molecule has 0 bridgehead atoms. The van der Waals surface area contributed by atoms with E-state index in [4.69, 9.17) is 0 Å². The maximum Gasteiger partial charge on any atom is 0.417 e. The number of rotatable bonds is 1. The highest BCUT2D eigenvalue weighted by atomic mass is 19.4. The number of hydrogen-bond acceptors (Lipinski definition) is 2. The third kappa shape index (κ3) is 2.20. The second kappa shape index (κ2) is 4.63. The number of alkyl halides is 3. The van der Waals surface area contributed by atoms with Gasteiger partial charge in [-0.2, -0.15) is 13.2 Å². The molecule has 1 aromatic heterocycles. The number of benzene rings is 1. The van der Waals surface area contributed by atoms with Gasteiger partial charge in [-0.05, 0) is 18.9 Å². The van der Waals surface area contributed by atoms with Crippen LogP contribution in [0.3, 0.4) is 0 Å². The van der Waals surface area contributed by atoms with E-state index in [2.05, 4.69) is 4.98 Å². The molecular weight excluding hydrogens is 269 g/mol. The Labute approximate surface area is 113 Å². The molecule has 0 spiro atoms. The fourth-order valence-corrected chi connectivity index (χ4v) is 2.54. The number of aliphatic hydroxyl groups excluding tert-OH is 1. The summed E-state index contributed by atoms with van der Waals surface area (Å²) in [5.74, 6) is 0.635. The lowest BCUT2D eigenvalue weighted by atomic mass is 10.0. The van der Waals surface area contributed by atoms with Crippen LogP contribution in [0.1, 0.15) is 30.5 Å². The highest BCUT2D eigenvalue weighted by Gasteiger charge is 2.34. The molecule has 1 unspecified atom stereocenters. The molecule has 1 aromatic carbocycles. The lowest BCUT2D eigenvalue weighted by Gasteiger charge is -2.19. The maximum absolute atomic E-state index is 13.0. The van der Waals surface area contributed by atoms with Gasteiger partial charge in [0.15, 0.2) is 0 Å². The van der Waals surface area contributed by atoms with Gasteiger partial charge < -0.3 is 9.67 Å². The molecule has 6 heteroatoms. The molecule has 3 nitrogen and oxygen atoms in total. The molecule has 106 valence electrons. The quantitative estimate of drug-likeness (QED) is 0.870. The molecule has 3 rings (SSSR count). The van der Waals surface area contributed by atoms with Crippen molar-refractivity contribution >= 4 is 0 Å². The summed E-state index contributed by atoms with van der Waals surface area (Å²) in [6.45, 7) is 0. The number of imidazole rings is 1. The highest BCUT2D eigenvalue weighted by Crippen LogP contribution is 2.37. The summed E-state index contributed by atoms with van der Waals surface area (Å²) in [6.07, 6.45) is -1.55. The summed E-state index contributed by atoms with van der Waals surface area (Å²) >= 11 is 0. The fraction of sp³-hybridized carbons (Fsp3) is 0.357. The van der Waals surface area contributed by atoms with Crippen molar-refractivity contribution in [2.24, 2.45) is 0 Å². The van der Waals surface area contributed by atoms with Gasteiger partial charge in [-0.3, -0.25) is 0 Å². The zero-order valence-electron chi connectivity index (χ0n) is 10.6. The van der Waals surface area contributed by atoms with Crippen molar-refractivity contribution in [3.8, 4) is 11.3 Å². The first kappa shape index (κ1) is 13.2. The van der Waals surface area contributed by atoms with Crippen LogP contribution in [0, 0.1) is 0 Å². The van der Waals surface area contributed by atoms with E-state index < -0.39 is 18.0 Å². The van der Waals surface area contributed by atoms with E-state index in [0.717, 1.165) is 12.5 Å². The topological polar surface area (TPSA) is 38.1 Å². The zero-order chi connectivity index (χ0) is 14.3. The van der Waals surface area contributed by atoms with E-state index in [-0.39, 0.29) is 11.3 Å². The summed E-state index contributed by atoms with van der Waals surface area (Å²) in [5.41, 5.74) is -0.395. The van der Waals surface area contributed by atoms with Gasteiger partial charge in [-0.25, -0.2) is 4.98 Å². The monoisotopic (exact) mass is 282 g/mol. The zero-order valence-corrected chi connectivity index (χ0v) is 10.6. The van der Waals surface area contributed by atoms with Crippen LogP contribution in [0.2, 0.25) is 0 Å². The first-order valence-electron chi connectivity index (χ1n) is 6.39. The number of nitrogens with zero attached hydrogens (tertiary/aromatic N) is 2. The summed E-state index contributed by atoms with van der Waals surface area (Å²) in [5, 5.41) is 9.85. The molecule has 0 radical (unpaired) electrons. The van der Waals surface area contributed by atoms with Crippen molar-refractivity contribution < 1.29 is 18.3 Å². The minimum atomic E-state index is -4.42. The SMILES string of the molecule is OC1CCCc2nc(-c3ccccc3C(F)(F)F)cn21. The van der Waals surface area contributed by atoms with E-state index >= 15 is 0 Å². The van der Waals surface area contributed by atoms with E-state index in [1.807, 2.05) is 0 Å². The average molecular weight is 282 g/mol. The van der Waals surface area contributed by atoms with Crippen LogP contribution >= 0.6 is 0 Å². The van der Waals surface area contributed by atoms with Crippen molar-refractivity contribution in [3.63, 3.8) is 0 Å². The van der Waals surface area contributed by atoms with Gasteiger partial charge in [0.05, 0.1) is 11.3 Å². The van der Waals surface area contributed by atoms with Gasteiger partial charge in [0.2, 0.25) is 0 Å². The van der Waals surface area contributed by atoms with Crippen LogP contribution in [0.15, 0.2) is 30.5 Å². The van der Waals surface area contributed by atoms with Crippen molar-refractivity contribution in [2.75, 3.05) is 0 Å². The van der Waals surface area contributed by atoms with Gasteiger partial charge in [0.1, 0.15) is 12.1 Å². The molecule has 0 saturated heterocycles. The molecule has 0 amide bonds. The smallest absolute Gasteiger partial charge is 0.373 e. The summed E-state index contributed by atoms with van der Waals surface area (Å²) in [4.78, 5) is 4.25. The van der Waals surface area contributed by atoms with Crippen LogP contribution in [0.4, 0.5) is 13.2 Å². The molecule has 2 aromatic rings. The molecule has 1 atom stereocenters. The van der Waals surface area contributed by atoms with Crippen LogP contribution < -0.4 is 0 Å². The lowest BCUT2D eigenvalue weighted by molar-refractivity contribution is -0.137. The number of halogens is 3. The number of aryl methyl sites for hydroxylation is 1. The van der Waals surface area contributed by atoms with Crippen molar-refractivity contribution in [3.05, 3.63) is 41.9 Å². The first-order chi connectivity index (χ1) is 9.47. The minimum absolute atomic E-state index is 0.0501. The predicted molar refractivity (Wildman–Crippen MR) is 66.9 cm³/mol. The first-order valence-corrected chi connectivity index (χ1v) is 6.39. The Morgan fingerprint density at radius 1 is 1.25 bits per heavy atom. The maximum atomic E-state index is 13.0. The summed E-state index contributed by atoms with van der Waals surface area (Å²) in [6, 6.07) is 5.37. The number of hydrogen-bond donors (Lipinski definition) is 1. The highest BCUT2D eigenvalue weighted by molar-refractivity contribution is 5.64. The van der Waals surface area contributed by atoms with E-state index in [1.54, 1.807) is 10.6 Å². The lowest BCUT2D eigenvalue weighted by Crippen LogP contribution is -2.16. The average Bonchev–Trinajstić information content (AvgIpc) is 2.83. The Hall–Kier alpha value is -1.82. The number of fused-ring (bicyclic) bond motifs is 1. The Bertz CT molecular complexity index is 634. The molecule has 0 aliphatic carbocycles. The van der Waals surface area contributed by atoms with Gasteiger partial charge in [0, 0.05) is 18.2 Å². The summed E-state index contributed by atoms with van der Waals surface area (Å²) in [7, 11) is 0. The molecular formula is C14H13F3N2O. The largest absolute Gasteiger partial charge is 0.417 e. The Balaban J connectivity index is 2.11. The molecule has 1 N–H and O–H groups in total. The van der Waals surface area contributed by atoms with Crippen LogP contribution in [0.25, 0.3) is 11.3 Å². The van der Waals surface area contributed by atoms with Gasteiger partial charge in [-0.15, -0.1) is 0 Å². The van der Waals surface area contributed by atoms with Gasteiger partial charge >= 0.3 is 6.18 Å². The van der Waals surface area contributed by atoms with E-state index in [1.165, 1.54) is 18.3 Å².